The van der Waals surface area contributed by atoms with Gasteiger partial charge < -0.3 is 20.1 Å². The van der Waals surface area contributed by atoms with Gasteiger partial charge in [0.25, 0.3) is 5.56 Å². The molecule has 1 fully saturated rings. The Morgan fingerprint density at radius 2 is 2.25 bits per heavy atom. The molecule has 4 atom stereocenters. The first-order chi connectivity index (χ1) is 9.32. The summed E-state index contributed by atoms with van der Waals surface area (Å²) in [6, 6.07) is 1.09. The Kier molecular flexibility index (Phi) is 3.65. The van der Waals surface area contributed by atoms with E-state index < -0.39 is 41.9 Å². The van der Waals surface area contributed by atoms with Gasteiger partial charge in [0.1, 0.15) is 12.2 Å². The molecule has 0 aromatic carbocycles. The van der Waals surface area contributed by atoms with E-state index in [0.29, 0.717) is 0 Å². The summed E-state index contributed by atoms with van der Waals surface area (Å²) in [5, 5.41) is 29.8. The van der Waals surface area contributed by atoms with Crippen LogP contribution in [0.1, 0.15) is 13.2 Å². The molecule has 1 aromatic rings. The lowest BCUT2D eigenvalue weighted by atomic mass is 9.87. The number of aromatic nitrogens is 2. The van der Waals surface area contributed by atoms with Gasteiger partial charge in [0.15, 0.2) is 11.8 Å². The fourth-order valence-corrected chi connectivity index (χ4v) is 2.27. The predicted molar refractivity (Wildman–Crippen MR) is 68.1 cm³/mol. The zero-order chi connectivity index (χ0) is 15.1. The van der Waals surface area contributed by atoms with Crippen LogP contribution < -0.4 is 11.2 Å². The molecule has 0 saturated carbocycles. The first kappa shape index (κ1) is 14.7. The highest BCUT2D eigenvalue weighted by atomic mass is 16.6. The minimum Gasteiger partial charge on any atom is -0.394 e. The van der Waals surface area contributed by atoms with Crippen molar-refractivity contribution in [3.05, 3.63) is 45.3 Å². The third-order valence-electron chi connectivity index (χ3n) is 3.45. The van der Waals surface area contributed by atoms with E-state index in [-0.39, 0.29) is 5.57 Å². The fourth-order valence-electron chi connectivity index (χ4n) is 2.27. The largest absolute Gasteiger partial charge is 0.394 e. The molecule has 1 aromatic heterocycles. The van der Waals surface area contributed by atoms with Crippen LogP contribution in [0.4, 0.5) is 0 Å². The molecule has 4 N–H and O–H groups in total. The van der Waals surface area contributed by atoms with Gasteiger partial charge in [-0.15, -0.1) is 0 Å². The summed E-state index contributed by atoms with van der Waals surface area (Å²) in [5.41, 5.74) is -3.17. The number of aliphatic hydroxyl groups excluding tert-OH is 2. The maximum atomic E-state index is 11.8. The number of H-pyrrole nitrogens is 1. The maximum absolute atomic E-state index is 11.8. The van der Waals surface area contributed by atoms with E-state index in [2.05, 4.69) is 6.58 Å². The van der Waals surface area contributed by atoms with Gasteiger partial charge in [-0.1, -0.05) is 6.58 Å². The number of rotatable bonds is 3. The van der Waals surface area contributed by atoms with Gasteiger partial charge in [0, 0.05) is 12.3 Å². The molecule has 8 nitrogen and oxygen atoms in total. The van der Waals surface area contributed by atoms with Crippen LogP contribution in [0.2, 0.25) is 0 Å². The van der Waals surface area contributed by atoms with Crippen LogP contribution in [0.25, 0.3) is 0 Å². The Labute approximate surface area is 113 Å². The third-order valence-corrected chi connectivity index (χ3v) is 3.45. The zero-order valence-corrected chi connectivity index (χ0v) is 10.8. The monoisotopic (exact) mass is 284 g/mol. The van der Waals surface area contributed by atoms with E-state index in [1.165, 1.54) is 6.92 Å². The first-order valence-corrected chi connectivity index (χ1v) is 5.96. The van der Waals surface area contributed by atoms with E-state index in [1.54, 1.807) is 0 Å². The Hall–Kier alpha value is -1.74. The second-order valence-corrected chi connectivity index (χ2v) is 4.78. The van der Waals surface area contributed by atoms with Crippen molar-refractivity contribution in [2.45, 2.75) is 31.0 Å². The zero-order valence-electron chi connectivity index (χ0n) is 10.8. The van der Waals surface area contributed by atoms with Crippen molar-refractivity contribution in [1.29, 1.82) is 0 Å². The topological polar surface area (TPSA) is 125 Å². The van der Waals surface area contributed by atoms with Crippen LogP contribution in [0.5, 0.6) is 0 Å². The summed E-state index contributed by atoms with van der Waals surface area (Å²) in [7, 11) is 0. The summed E-state index contributed by atoms with van der Waals surface area (Å²) in [6.07, 6.45) is -2.67. The lowest BCUT2D eigenvalue weighted by Crippen LogP contribution is -2.49. The molecule has 8 heteroatoms. The molecular formula is C12H16N2O6. The molecule has 20 heavy (non-hydrogen) atoms. The molecule has 110 valence electrons. The van der Waals surface area contributed by atoms with Crippen LogP contribution in [-0.2, 0) is 4.74 Å². The molecular weight excluding hydrogens is 268 g/mol. The quantitative estimate of drug-likeness (QED) is 0.480. The molecule has 0 aliphatic carbocycles. The standard InChI is InChI=1S/C12H16N2O6/c1-6(2)12(19)9(17)7(5-15)20-10(12)14-4-3-8(16)13-11(14)18/h3-4,7,9-10,15,17,19H,1,5H2,2H3,(H,13,16,18)/t7-,9-,10-,12-/m1/s1. The van der Waals surface area contributed by atoms with Gasteiger partial charge in [0.2, 0.25) is 0 Å². The van der Waals surface area contributed by atoms with Crippen molar-refractivity contribution in [2.75, 3.05) is 6.61 Å². The number of aromatic amines is 1. The SMILES string of the molecule is C=C(C)[C@@]1(O)[C@H](O)[C@@H](CO)O[C@H]1n1ccc(=O)[nH]c1=O. The minimum absolute atomic E-state index is 0.170. The van der Waals surface area contributed by atoms with Crippen molar-refractivity contribution in [3.63, 3.8) is 0 Å². The van der Waals surface area contributed by atoms with E-state index >= 15 is 0 Å². The molecule has 1 aliphatic heterocycles. The van der Waals surface area contributed by atoms with Crippen molar-refractivity contribution < 1.29 is 20.1 Å². The molecule has 0 spiro atoms. The van der Waals surface area contributed by atoms with E-state index in [4.69, 9.17) is 9.84 Å². The summed E-state index contributed by atoms with van der Waals surface area (Å²) in [6.45, 7) is 4.52. The van der Waals surface area contributed by atoms with Gasteiger partial charge in [0.05, 0.1) is 6.61 Å². The molecule has 2 heterocycles. The van der Waals surface area contributed by atoms with E-state index in [9.17, 15) is 19.8 Å². The highest BCUT2D eigenvalue weighted by Crippen LogP contribution is 2.41. The summed E-state index contributed by atoms with van der Waals surface area (Å²) < 4.78 is 6.28. The van der Waals surface area contributed by atoms with Gasteiger partial charge in [-0.2, -0.15) is 0 Å². The summed E-state index contributed by atoms with van der Waals surface area (Å²) in [5.74, 6) is 0. The smallest absolute Gasteiger partial charge is 0.330 e. The molecule has 2 rings (SSSR count). The lowest BCUT2D eigenvalue weighted by molar-refractivity contribution is -0.0874. The van der Waals surface area contributed by atoms with E-state index in [0.717, 1.165) is 16.8 Å². The highest BCUT2D eigenvalue weighted by Gasteiger charge is 2.56. The fraction of sp³-hybridized carbons (Fsp3) is 0.500. The third kappa shape index (κ3) is 2.02. The molecule has 0 unspecified atom stereocenters. The summed E-state index contributed by atoms with van der Waals surface area (Å²) in [4.78, 5) is 24.9. The van der Waals surface area contributed by atoms with Gasteiger partial charge in [-0.05, 0) is 12.5 Å². The Bertz CT molecular complexity index is 635. The molecule has 0 amide bonds. The average molecular weight is 284 g/mol. The molecule has 1 saturated heterocycles. The molecule has 0 radical (unpaired) electrons. The summed E-state index contributed by atoms with van der Waals surface area (Å²) >= 11 is 0. The highest BCUT2D eigenvalue weighted by molar-refractivity contribution is 5.20. The Balaban J connectivity index is 2.56. The van der Waals surface area contributed by atoms with Crippen LogP contribution in [0.3, 0.4) is 0 Å². The number of ether oxygens (including phenoxy) is 1. The number of hydrogen-bond acceptors (Lipinski definition) is 6. The lowest BCUT2D eigenvalue weighted by Gasteiger charge is -2.32. The number of hydrogen-bond donors (Lipinski definition) is 4. The second-order valence-electron chi connectivity index (χ2n) is 4.78. The second kappa shape index (κ2) is 4.98. The van der Waals surface area contributed by atoms with Crippen LogP contribution in [-0.4, -0.2) is 49.3 Å². The van der Waals surface area contributed by atoms with Crippen molar-refractivity contribution in [3.8, 4) is 0 Å². The average Bonchev–Trinajstić information content (AvgIpc) is 2.64. The van der Waals surface area contributed by atoms with Crippen LogP contribution >= 0.6 is 0 Å². The van der Waals surface area contributed by atoms with Crippen molar-refractivity contribution >= 4 is 0 Å². The predicted octanol–water partition coefficient (Wildman–Crippen LogP) is -1.91. The minimum atomic E-state index is -1.95. The molecule has 0 bridgehead atoms. The van der Waals surface area contributed by atoms with Crippen molar-refractivity contribution in [1.82, 2.24) is 9.55 Å². The Morgan fingerprint density at radius 3 is 2.75 bits per heavy atom. The number of nitrogens with one attached hydrogen (secondary N) is 1. The Morgan fingerprint density at radius 1 is 1.60 bits per heavy atom. The first-order valence-electron chi connectivity index (χ1n) is 5.96. The van der Waals surface area contributed by atoms with Gasteiger partial charge in [-0.3, -0.25) is 14.3 Å². The number of nitrogens with zero attached hydrogens (tertiary/aromatic N) is 1. The normalized spacial score (nSPS) is 33.3. The van der Waals surface area contributed by atoms with Gasteiger partial charge >= 0.3 is 5.69 Å². The van der Waals surface area contributed by atoms with Crippen LogP contribution in [0, 0.1) is 0 Å². The van der Waals surface area contributed by atoms with E-state index in [1.807, 2.05) is 4.98 Å². The number of aliphatic hydroxyl groups is 3. The van der Waals surface area contributed by atoms with Crippen LogP contribution in [0.15, 0.2) is 34.0 Å². The van der Waals surface area contributed by atoms with Crippen molar-refractivity contribution in [2.24, 2.45) is 0 Å². The van der Waals surface area contributed by atoms with Gasteiger partial charge in [-0.25, -0.2) is 4.79 Å². The maximum Gasteiger partial charge on any atom is 0.330 e. The molecule has 1 aliphatic rings.